The van der Waals surface area contributed by atoms with E-state index in [0.717, 1.165) is 44.2 Å². The summed E-state index contributed by atoms with van der Waals surface area (Å²) in [5, 5.41) is 0. The van der Waals surface area contributed by atoms with Gasteiger partial charge in [-0.05, 0) is 12.8 Å². The van der Waals surface area contributed by atoms with Crippen LogP contribution in [0.15, 0.2) is 0 Å². The Morgan fingerprint density at radius 2 is 1.91 bits per heavy atom. The first kappa shape index (κ1) is 7.90. The van der Waals surface area contributed by atoms with Crippen molar-refractivity contribution in [1.29, 1.82) is 0 Å². The maximum Gasteiger partial charge on any atom is 0.109 e. The van der Waals surface area contributed by atoms with Crippen molar-refractivity contribution in [3.8, 4) is 0 Å². The molecule has 0 saturated carbocycles. The lowest BCUT2D eigenvalue weighted by Gasteiger charge is -2.41. The van der Waals surface area contributed by atoms with Crippen LogP contribution in [-0.2, 0) is 9.47 Å². The largest absolute Gasteiger partial charge is 0.378 e. The van der Waals surface area contributed by atoms with Crippen molar-refractivity contribution in [2.75, 3.05) is 31.3 Å². The van der Waals surface area contributed by atoms with Gasteiger partial charge in [-0.3, -0.25) is 0 Å². The van der Waals surface area contributed by atoms with Crippen LogP contribution in [0.3, 0.4) is 0 Å². The highest BCUT2D eigenvalue weighted by Crippen LogP contribution is 2.34. The second kappa shape index (κ2) is 3.33. The topological polar surface area (TPSA) is 18.5 Å². The minimum absolute atomic E-state index is 0.116. The quantitative estimate of drug-likeness (QED) is 0.551. The lowest BCUT2D eigenvalue weighted by Crippen LogP contribution is -2.51. The normalized spacial score (nSPS) is 30.5. The fourth-order valence-corrected chi connectivity index (χ4v) is 2.38. The van der Waals surface area contributed by atoms with Gasteiger partial charge in [0.1, 0.15) is 5.60 Å². The molecular weight excluding hydrogens is 160 g/mol. The predicted octanol–water partition coefficient (Wildman–Crippen LogP) is 1.30. The van der Waals surface area contributed by atoms with Crippen molar-refractivity contribution in [3.05, 3.63) is 0 Å². The summed E-state index contributed by atoms with van der Waals surface area (Å²) in [6.45, 7) is 2.68. The van der Waals surface area contributed by atoms with E-state index < -0.39 is 0 Å². The number of thioether (sulfide) groups is 1. The van der Waals surface area contributed by atoms with Gasteiger partial charge in [-0.2, -0.15) is 11.8 Å². The Morgan fingerprint density at radius 3 is 2.64 bits per heavy atom. The minimum Gasteiger partial charge on any atom is -0.378 e. The fraction of sp³-hybridized carbons (Fsp3) is 1.00. The third kappa shape index (κ3) is 1.71. The van der Waals surface area contributed by atoms with E-state index in [4.69, 9.17) is 9.47 Å². The smallest absolute Gasteiger partial charge is 0.109 e. The Morgan fingerprint density at radius 1 is 1.09 bits per heavy atom. The first-order chi connectivity index (χ1) is 5.41. The number of hydrogen-bond acceptors (Lipinski definition) is 3. The molecule has 0 aromatic heterocycles. The highest BCUT2D eigenvalue weighted by Gasteiger charge is 2.39. The Balaban J connectivity index is 1.86. The van der Waals surface area contributed by atoms with Crippen LogP contribution in [-0.4, -0.2) is 36.9 Å². The average molecular weight is 174 g/mol. The van der Waals surface area contributed by atoms with Crippen LogP contribution >= 0.6 is 11.8 Å². The molecule has 0 N–H and O–H groups in total. The van der Waals surface area contributed by atoms with E-state index in [1.165, 1.54) is 0 Å². The van der Waals surface area contributed by atoms with E-state index in [1.54, 1.807) is 0 Å². The Hall–Kier alpha value is 0.270. The zero-order valence-electron chi connectivity index (χ0n) is 6.67. The molecule has 0 bridgehead atoms. The zero-order chi connectivity index (χ0) is 7.57. The first-order valence-corrected chi connectivity index (χ1v) is 5.36. The summed E-state index contributed by atoms with van der Waals surface area (Å²) in [7, 11) is 0. The van der Waals surface area contributed by atoms with Gasteiger partial charge in [0.2, 0.25) is 0 Å². The summed E-state index contributed by atoms with van der Waals surface area (Å²) in [5.41, 5.74) is 0.116. The van der Waals surface area contributed by atoms with E-state index in [-0.39, 0.29) is 5.60 Å². The van der Waals surface area contributed by atoms with E-state index in [1.807, 2.05) is 11.8 Å². The van der Waals surface area contributed by atoms with Crippen molar-refractivity contribution >= 4 is 11.8 Å². The lowest BCUT2D eigenvalue weighted by molar-refractivity contribution is -0.0917. The Bertz CT molecular complexity index is 124. The molecule has 2 heterocycles. The van der Waals surface area contributed by atoms with Crippen LogP contribution in [0.1, 0.15) is 12.8 Å². The van der Waals surface area contributed by atoms with Gasteiger partial charge in [0, 0.05) is 24.7 Å². The van der Waals surface area contributed by atoms with E-state index in [2.05, 4.69) is 0 Å². The molecule has 0 aromatic carbocycles. The zero-order valence-corrected chi connectivity index (χ0v) is 7.49. The highest BCUT2D eigenvalue weighted by molar-refractivity contribution is 8.00. The third-order valence-corrected chi connectivity index (χ3v) is 3.65. The maximum atomic E-state index is 5.76. The summed E-state index contributed by atoms with van der Waals surface area (Å²) in [4.78, 5) is 0. The van der Waals surface area contributed by atoms with Gasteiger partial charge < -0.3 is 9.47 Å². The van der Waals surface area contributed by atoms with Gasteiger partial charge in [0.15, 0.2) is 0 Å². The van der Waals surface area contributed by atoms with Crippen molar-refractivity contribution < 1.29 is 9.47 Å². The van der Waals surface area contributed by atoms with Crippen LogP contribution in [0.2, 0.25) is 0 Å². The summed E-state index contributed by atoms with van der Waals surface area (Å²) in [6.07, 6.45) is 2.32. The number of ether oxygens (including phenoxy) is 2. The molecule has 64 valence electrons. The van der Waals surface area contributed by atoms with Crippen molar-refractivity contribution in [2.45, 2.75) is 18.4 Å². The molecule has 2 rings (SSSR count). The molecule has 3 heteroatoms. The van der Waals surface area contributed by atoms with Crippen molar-refractivity contribution in [3.63, 3.8) is 0 Å². The van der Waals surface area contributed by atoms with Crippen LogP contribution < -0.4 is 0 Å². The average Bonchev–Trinajstić information content (AvgIpc) is 1.82. The lowest BCUT2D eigenvalue weighted by atomic mass is 10.1. The molecule has 0 aromatic rings. The van der Waals surface area contributed by atoms with E-state index >= 15 is 0 Å². The predicted molar refractivity (Wildman–Crippen MR) is 46.1 cm³/mol. The fourth-order valence-electron chi connectivity index (χ4n) is 1.39. The van der Waals surface area contributed by atoms with Crippen molar-refractivity contribution in [1.82, 2.24) is 0 Å². The molecule has 2 saturated heterocycles. The van der Waals surface area contributed by atoms with Gasteiger partial charge >= 0.3 is 0 Å². The summed E-state index contributed by atoms with van der Waals surface area (Å²) < 4.78 is 11.3. The highest BCUT2D eigenvalue weighted by atomic mass is 32.2. The number of hydrogen-bond donors (Lipinski definition) is 0. The van der Waals surface area contributed by atoms with Gasteiger partial charge in [-0.25, -0.2) is 0 Å². The Labute approximate surface area is 71.6 Å². The SMILES string of the molecule is C1CCOC2(COC1)CSC2. The molecular formula is C8H14O2S. The van der Waals surface area contributed by atoms with Crippen LogP contribution in [0.4, 0.5) is 0 Å². The molecule has 1 spiro atoms. The van der Waals surface area contributed by atoms with Gasteiger partial charge in [-0.15, -0.1) is 0 Å². The molecule has 0 amide bonds. The Kier molecular flexibility index (Phi) is 2.39. The van der Waals surface area contributed by atoms with Crippen LogP contribution in [0.5, 0.6) is 0 Å². The second-order valence-corrected chi connectivity index (χ2v) is 4.27. The van der Waals surface area contributed by atoms with E-state index in [9.17, 15) is 0 Å². The molecule has 11 heavy (non-hydrogen) atoms. The monoisotopic (exact) mass is 174 g/mol. The summed E-state index contributed by atoms with van der Waals surface area (Å²) in [6, 6.07) is 0. The van der Waals surface area contributed by atoms with E-state index in [0.29, 0.717) is 0 Å². The van der Waals surface area contributed by atoms with Crippen molar-refractivity contribution in [2.24, 2.45) is 0 Å². The minimum atomic E-state index is 0.116. The molecule has 0 aliphatic carbocycles. The van der Waals surface area contributed by atoms with Gasteiger partial charge in [-0.1, -0.05) is 0 Å². The molecule has 2 fully saturated rings. The van der Waals surface area contributed by atoms with Crippen LogP contribution in [0.25, 0.3) is 0 Å². The molecule has 2 aliphatic rings. The first-order valence-electron chi connectivity index (χ1n) is 4.21. The molecule has 0 atom stereocenters. The van der Waals surface area contributed by atoms with Gasteiger partial charge in [0.25, 0.3) is 0 Å². The summed E-state index contributed by atoms with van der Waals surface area (Å²) >= 11 is 1.95. The van der Waals surface area contributed by atoms with Gasteiger partial charge in [0.05, 0.1) is 6.61 Å². The number of rotatable bonds is 0. The molecule has 2 aliphatic heterocycles. The second-order valence-electron chi connectivity index (χ2n) is 3.28. The maximum absolute atomic E-state index is 5.76. The third-order valence-electron chi connectivity index (χ3n) is 2.19. The summed E-state index contributed by atoms with van der Waals surface area (Å²) in [5.74, 6) is 2.26. The molecule has 2 nitrogen and oxygen atoms in total. The molecule has 0 radical (unpaired) electrons. The van der Waals surface area contributed by atoms with Crippen LogP contribution in [0, 0.1) is 0 Å². The standard InChI is InChI=1S/C8H14O2S/c1-2-4-10-8(5-9-3-1)6-11-7-8/h1-7H2. The molecule has 0 unspecified atom stereocenters.